The summed E-state index contributed by atoms with van der Waals surface area (Å²) < 4.78 is 0. The molecule has 2 aromatic rings. The number of amides is 1. The molecule has 0 saturated carbocycles. The molecule has 3 rings (SSSR count). The first-order valence-corrected chi connectivity index (χ1v) is 8.16. The molecule has 23 heavy (non-hydrogen) atoms. The SMILES string of the molecule is O=C(O)C(Cc1cccc2ccccc12)N1CCCCCC1=O. The lowest BCUT2D eigenvalue weighted by Gasteiger charge is -2.28. The third-order valence-corrected chi connectivity index (χ3v) is 4.56. The van der Waals surface area contributed by atoms with Crippen molar-refractivity contribution in [2.45, 2.75) is 38.1 Å². The van der Waals surface area contributed by atoms with Gasteiger partial charge in [0.05, 0.1) is 0 Å². The minimum atomic E-state index is -0.923. The van der Waals surface area contributed by atoms with E-state index >= 15 is 0 Å². The van der Waals surface area contributed by atoms with Crippen LogP contribution in [0.3, 0.4) is 0 Å². The molecule has 2 aromatic carbocycles. The first kappa shape index (κ1) is 15.5. The highest BCUT2D eigenvalue weighted by molar-refractivity contribution is 5.88. The summed E-state index contributed by atoms with van der Waals surface area (Å²) >= 11 is 0. The zero-order chi connectivity index (χ0) is 16.2. The first-order valence-electron chi connectivity index (χ1n) is 8.16. The van der Waals surface area contributed by atoms with Crippen molar-refractivity contribution < 1.29 is 14.7 Å². The van der Waals surface area contributed by atoms with Gasteiger partial charge in [-0.15, -0.1) is 0 Å². The molecule has 1 fully saturated rings. The van der Waals surface area contributed by atoms with Crippen molar-refractivity contribution in [3.63, 3.8) is 0 Å². The number of carbonyl (C=O) groups is 2. The molecule has 0 aliphatic carbocycles. The molecule has 1 saturated heterocycles. The summed E-state index contributed by atoms with van der Waals surface area (Å²) in [6.07, 6.45) is 3.53. The third kappa shape index (κ3) is 3.36. The number of carboxylic acids is 1. The molecule has 1 aliphatic heterocycles. The molecular weight excluding hydrogens is 290 g/mol. The molecule has 1 unspecified atom stereocenters. The monoisotopic (exact) mass is 311 g/mol. The van der Waals surface area contributed by atoms with Crippen molar-refractivity contribution in [1.29, 1.82) is 0 Å². The van der Waals surface area contributed by atoms with Crippen LogP contribution in [0.1, 0.15) is 31.2 Å². The van der Waals surface area contributed by atoms with Crippen LogP contribution in [0.4, 0.5) is 0 Å². The van der Waals surface area contributed by atoms with E-state index < -0.39 is 12.0 Å². The lowest BCUT2D eigenvalue weighted by atomic mass is 9.98. The van der Waals surface area contributed by atoms with Crippen molar-refractivity contribution in [3.8, 4) is 0 Å². The molecule has 4 heteroatoms. The van der Waals surface area contributed by atoms with Gasteiger partial charge >= 0.3 is 5.97 Å². The van der Waals surface area contributed by atoms with Crippen LogP contribution in [0.5, 0.6) is 0 Å². The minimum Gasteiger partial charge on any atom is -0.480 e. The number of likely N-dealkylation sites (tertiary alicyclic amines) is 1. The smallest absolute Gasteiger partial charge is 0.326 e. The van der Waals surface area contributed by atoms with Gasteiger partial charge < -0.3 is 10.0 Å². The Morgan fingerprint density at radius 1 is 1.09 bits per heavy atom. The predicted octanol–water partition coefficient (Wildman–Crippen LogP) is 3.24. The number of aliphatic carboxylic acids is 1. The molecule has 0 radical (unpaired) electrons. The van der Waals surface area contributed by atoms with E-state index in [1.807, 2.05) is 42.5 Å². The summed E-state index contributed by atoms with van der Waals surface area (Å²) in [4.78, 5) is 25.6. The van der Waals surface area contributed by atoms with Crippen molar-refractivity contribution in [2.75, 3.05) is 6.54 Å². The summed E-state index contributed by atoms with van der Waals surface area (Å²) in [5.41, 5.74) is 0.979. The Hall–Kier alpha value is -2.36. The fourth-order valence-corrected chi connectivity index (χ4v) is 3.34. The van der Waals surface area contributed by atoms with Crippen LogP contribution in [0.25, 0.3) is 10.8 Å². The van der Waals surface area contributed by atoms with Gasteiger partial charge in [0.25, 0.3) is 0 Å². The van der Waals surface area contributed by atoms with Crippen molar-refractivity contribution >= 4 is 22.6 Å². The summed E-state index contributed by atoms with van der Waals surface area (Å²) in [6.45, 7) is 0.542. The van der Waals surface area contributed by atoms with Crippen molar-refractivity contribution in [1.82, 2.24) is 4.90 Å². The van der Waals surface area contributed by atoms with Gasteiger partial charge in [0.1, 0.15) is 6.04 Å². The topological polar surface area (TPSA) is 57.6 Å². The summed E-state index contributed by atoms with van der Waals surface area (Å²) in [7, 11) is 0. The maximum absolute atomic E-state index is 12.3. The van der Waals surface area contributed by atoms with E-state index in [0.717, 1.165) is 35.6 Å². The standard InChI is InChI=1S/C19H21NO3/c21-18-11-2-1-5-12-20(18)17(19(22)23)13-15-9-6-8-14-7-3-4-10-16(14)15/h3-4,6-10,17H,1-2,5,11-13H2,(H,22,23). The highest BCUT2D eigenvalue weighted by atomic mass is 16.4. The molecule has 1 aliphatic rings. The molecule has 1 atom stereocenters. The molecule has 1 N–H and O–H groups in total. The van der Waals surface area contributed by atoms with Crippen LogP contribution < -0.4 is 0 Å². The van der Waals surface area contributed by atoms with E-state index in [1.54, 1.807) is 4.90 Å². The van der Waals surface area contributed by atoms with Gasteiger partial charge in [-0.2, -0.15) is 0 Å². The quantitative estimate of drug-likeness (QED) is 0.943. The highest BCUT2D eigenvalue weighted by Gasteiger charge is 2.30. The van der Waals surface area contributed by atoms with E-state index in [4.69, 9.17) is 0 Å². The second-order valence-corrected chi connectivity index (χ2v) is 6.09. The van der Waals surface area contributed by atoms with Crippen molar-refractivity contribution in [3.05, 3.63) is 48.0 Å². The second-order valence-electron chi connectivity index (χ2n) is 6.09. The molecular formula is C19H21NO3. The van der Waals surface area contributed by atoms with Crippen LogP contribution in [-0.4, -0.2) is 34.5 Å². The largest absolute Gasteiger partial charge is 0.480 e. The van der Waals surface area contributed by atoms with Crippen LogP contribution in [0.2, 0.25) is 0 Å². The molecule has 1 amide bonds. The third-order valence-electron chi connectivity index (χ3n) is 4.56. The molecule has 4 nitrogen and oxygen atoms in total. The number of benzene rings is 2. The molecule has 1 heterocycles. The Kier molecular flexibility index (Phi) is 4.60. The normalized spacial score (nSPS) is 17.0. The fraction of sp³-hybridized carbons (Fsp3) is 0.368. The van der Waals surface area contributed by atoms with Gasteiger partial charge in [0, 0.05) is 19.4 Å². The molecule has 0 aromatic heterocycles. The van der Waals surface area contributed by atoms with Crippen molar-refractivity contribution in [2.24, 2.45) is 0 Å². The Morgan fingerprint density at radius 3 is 2.70 bits per heavy atom. The van der Waals surface area contributed by atoms with E-state index in [1.165, 1.54) is 0 Å². The van der Waals surface area contributed by atoms with Gasteiger partial charge in [0.15, 0.2) is 0 Å². The number of carboxylic acid groups (broad SMARTS) is 1. The summed E-state index contributed by atoms with van der Waals surface area (Å²) in [6, 6.07) is 13.1. The van der Waals surface area contributed by atoms with Gasteiger partial charge in [-0.25, -0.2) is 4.79 Å². The lowest BCUT2D eigenvalue weighted by Crippen LogP contribution is -2.46. The number of carbonyl (C=O) groups excluding carboxylic acids is 1. The lowest BCUT2D eigenvalue weighted by molar-refractivity contribution is -0.149. The predicted molar refractivity (Wildman–Crippen MR) is 89.3 cm³/mol. The maximum Gasteiger partial charge on any atom is 0.326 e. The molecule has 120 valence electrons. The molecule has 0 bridgehead atoms. The number of rotatable bonds is 4. The number of nitrogens with zero attached hydrogens (tertiary/aromatic N) is 1. The zero-order valence-electron chi connectivity index (χ0n) is 13.1. The fourth-order valence-electron chi connectivity index (χ4n) is 3.34. The van der Waals surface area contributed by atoms with Gasteiger partial charge in [-0.05, 0) is 29.2 Å². The average molecular weight is 311 g/mol. The number of hydrogen-bond acceptors (Lipinski definition) is 2. The van der Waals surface area contributed by atoms with E-state index in [2.05, 4.69) is 0 Å². The van der Waals surface area contributed by atoms with E-state index in [-0.39, 0.29) is 5.91 Å². The van der Waals surface area contributed by atoms with Crippen LogP contribution >= 0.6 is 0 Å². The maximum atomic E-state index is 12.3. The van der Waals surface area contributed by atoms with Crippen LogP contribution in [0.15, 0.2) is 42.5 Å². The first-order chi connectivity index (χ1) is 11.2. The van der Waals surface area contributed by atoms with Gasteiger partial charge in [-0.1, -0.05) is 48.9 Å². The van der Waals surface area contributed by atoms with E-state index in [0.29, 0.717) is 19.4 Å². The minimum absolute atomic E-state index is 0.0323. The Labute approximate surface area is 135 Å². The second kappa shape index (κ2) is 6.82. The summed E-state index contributed by atoms with van der Waals surface area (Å²) in [5.74, 6) is -0.955. The Morgan fingerprint density at radius 2 is 1.87 bits per heavy atom. The highest BCUT2D eigenvalue weighted by Crippen LogP contribution is 2.23. The molecule has 0 spiro atoms. The summed E-state index contributed by atoms with van der Waals surface area (Å²) in [5, 5.41) is 11.8. The van der Waals surface area contributed by atoms with Crippen LogP contribution in [-0.2, 0) is 16.0 Å². The number of hydrogen-bond donors (Lipinski definition) is 1. The Bertz CT molecular complexity index is 720. The number of fused-ring (bicyclic) bond motifs is 1. The average Bonchev–Trinajstić information content (AvgIpc) is 2.77. The zero-order valence-corrected chi connectivity index (χ0v) is 13.1. The van der Waals surface area contributed by atoms with E-state index in [9.17, 15) is 14.7 Å². The van der Waals surface area contributed by atoms with Gasteiger partial charge in [0.2, 0.25) is 5.91 Å². The van der Waals surface area contributed by atoms with Crippen LogP contribution in [0, 0.1) is 0 Å². The Balaban J connectivity index is 1.92. The van der Waals surface area contributed by atoms with Gasteiger partial charge in [-0.3, -0.25) is 4.79 Å².